The van der Waals surface area contributed by atoms with Gasteiger partial charge in [-0.15, -0.1) is 0 Å². The Morgan fingerprint density at radius 3 is 1.76 bits per heavy atom. The van der Waals surface area contributed by atoms with E-state index in [2.05, 4.69) is 176 Å². The molecule has 4 heterocycles. The molecule has 0 N–H and O–H groups in total. The van der Waals surface area contributed by atoms with Gasteiger partial charge in [-0.05, 0) is 60.7 Å². The van der Waals surface area contributed by atoms with Crippen molar-refractivity contribution in [3.63, 3.8) is 0 Å². The lowest BCUT2D eigenvalue weighted by molar-refractivity contribution is 1.09. The number of hydrogen-bond donors (Lipinski definition) is 0. The fourth-order valence-corrected chi connectivity index (χ4v) is 7.41. The van der Waals surface area contributed by atoms with Crippen LogP contribution in [0.1, 0.15) is 0 Å². The maximum atomic E-state index is 5.50. The molecule has 10 aromatic rings. The normalized spacial score (nSPS) is 11.7. The summed E-state index contributed by atoms with van der Waals surface area (Å²) in [5.41, 5.74) is 11.7. The van der Waals surface area contributed by atoms with Gasteiger partial charge in [-0.25, -0.2) is 4.98 Å². The van der Waals surface area contributed by atoms with Crippen molar-refractivity contribution in [3.05, 3.63) is 176 Å². The quantitative estimate of drug-likeness (QED) is 0.190. The molecular formula is C44H29N5. The molecule has 0 aliphatic rings. The van der Waals surface area contributed by atoms with Crippen LogP contribution in [0.25, 0.3) is 83.6 Å². The first-order valence-corrected chi connectivity index (χ1v) is 16.5. The van der Waals surface area contributed by atoms with Gasteiger partial charge in [-0.3, -0.25) is 14.1 Å². The smallest absolute Gasteiger partial charge is 0.165 e. The largest absolute Gasteiger partial charge is 0.307 e. The average molecular weight is 628 g/mol. The lowest BCUT2D eigenvalue weighted by Gasteiger charge is -2.13. The Balaban J connectivity index is 1.40. The van der Waals surface area contributed by atoms with Gasteiger partial charge in [0.1, 0.15) is 11.3 Å². The van der Waals surface area contributed by atoms with Crippen LogP contribution in [0.2, 0.25) is 0 Å². The zero-order chi connectivity index (χ0) is 32.3. The number of pyridine rings is 1. The van der Waals surface area contributed by atoms with E-state index in [4.69, 9.17) is 4.98 Å². The van der Waals surface area contributed by atoms with E-state index >= 15 is 0 Å². The van der Waals surface area contributed by atoms with E-state index in [1.165, 1.54) is 10.8 Å². The van der Waals surface area contributed by atoms with Crippen molar-refractivity contribution in [2.45, 2.75) is 0 Å². The minimum Gasteiger partial charge on any atom is -0.307 e. The highest BCUT2D eigenvalue weighted by Crippen LogP contribution is 2.43. The second kappa shape index (κ2) is 10.9. The van der Waals surface area contributed by atoms with Crippen molar-refractivity contribution >= 4 is 43.9 Å². The fraction of sp³-hybridized carbons (Fsp3) is 0. The van der Waals surface area contributed by atoms with Crippen LogP contribution in [0.4, 0.5) is 0 Å². The number of imidazole rings is 1. The van der Waals surface area contributed by atoms with Gasteiger partial charge in [0.25, 0.3) is 0 Å². The summed E-state index contributed by atoms with van der Waals surface area (Å²) in [6, 6.07) is 59.7. The molecule has 49 heavy (non-hydrogen) atoms. The Labute approximate surface area is 282 Å². The van der Waals surface area contributed by atoms with E-state index in [1.54, 1.807) is 0 Å². The molecule has 0 atom stereocenters. The van der Waals surface area contributed by atoms with E-state index < -0.39 is 0 Å². The van der Waals surface area contributed by atoms with Crippen molar-refractivity contribution in [3.8, 4) is 39.7 Å². The molecule has 230 valence electrons. The molecular weight excluding hydrogens is 599 g/mol. The predicted molar refractivity (Wildman–Crippen MR) is 201 cm³/mol. The van der Waals surface area contributed by atoms with Crippen molar-refractivity contribution < 1.29 is 0 Å². The first-order chi connectivity index (χ1) is 24.3. The summed E-state index contributed by atoms with van der Waals surface area (Å²) in [5.74, 6) is 0.909. The summed E-state index contributed by atoms with van der Waals surface area (Å²) in [6.07, 6.45) is 1.85. The molecule has 0 amide bonds. The van der Waals surface area contributed by atoms with E-state index in [0.717, 1.165) is 72.8 Å². The molecule has 5 heteroatoms. The Morgan fingerprint density at radius 1 is 0.388 bits per heavy atom. The van der Waals surface area contributed by atoms with Crippen LogP contribution in [-0.2, 0) is 0 Å². The van der Waals surface area contributed by atoms with Crippen molar-refractivity contribution in [2.24, 2.45) is 0 Å². The molecule has 5 nitrogen and oxygen atoms in total. The number of rotatable bonds is 5. The van der Waals surface area contributed by atoms with Crippen LogP contribution in [-0.4, -0.2) is 23.7 Å². The zero-order valence-electron chi connectivity index (χ0n) is 26.5. The molecule has 6 aromatic carbocycles. The van der Waals surface area contributed by atoms with Crippen LogP contribution in [0, 0.1) is 0 Å². The molecule has 0 unspecified atom stereocenters. The van der Waals surface area contributed by atoms with Gasteiger partial charge in [-0.1, -0.05) is 109 Å². The maximum Gasteiger partial charge on any atom is 0.165 e. The van der Waals surface area contributed by atoms with E-state index in [9.17, 15) is 0 Å². The molecule has 0 bridgehead atoms. The first-order valence-electron chi connectivity index (χ1n) is 16.5. The maximum absolute atomic E-state index is 5.50. The van der Waals surface area contributed by atoms with E-state index in [1.807, 2.05) is 18.3 Å². The number of aromatic nitrogens is 5. The van der Waals surface area contributed by atoms with Gasteiger partial charge in [0.15, 0.2) is 5.65 Å². The monoisotopic (exact) mass is 627 g/mol. The number of benzene rings is 6. The third-order valence-corrected chi connectivity index (χ3v) is 9.49. The molecule has 10 rings (SSSR count). The van der Waals surface area contributed by atoms with Gasteiger partial charge in [0.2, 0.25) is 0 Å². The summed E-state index contributed by atoms with van der Waals surface area (Å²) < 4.78 is 7.10. The van der Waals surface area contributed by atoms with Crippen LogP contribution < -0.4 is 0 Å². The molecule has 0 saturated carbocycles. The number of nitrogens with zero attached hydrogens (tertiary/aromatic N) is 5. The minimum atomic E-state index is 0.909. The van der Waals surface area contributed by atoms with Crippen molar-refractivity contribution in [2.75, 3.05) is 0 Å². The average Bonchev–Trinajstić information content (AvgIpc) is 3.83. The topological polar surface area (TPSA) is 40.6 Å². The lowest BCUT2D eigenvalue weighted by atomic mass is 10.1. The zero-order valence-corrected chi connectivity index (χ0v) is 26.5. The van der Waals surface area contributed by atoms with Crippen LogP contribution in [0.15, 0.2) is 176 Å². The highest BCUT2D eigenvalue weighted by Gasteiger charge is 2.26. The number of para-hydroxylation sites is 3. The van der Waals surface area contributed by atoms with Crippen molar-refractivity contribution in [1.82, 2.24) is 23.7 Å². The summed E-state index contributed by atoms with van der Waals surface area (Å²) in [7, 11) is 0. The molecule has 0 radical (unpaired) electrons. The van der Waals surface area contributed by atoms with Crippen LogP contribution in [0.3, 0.4) is 0 Å². The van der Waals surface area contributed by atoms with Gasteiger partial charge >= 0.3 is 0 Å². The van der Waals surface area contributed by atoms with Gasteiger partial charge < -0.3 is 4.57 Å². The highest BCUT2D eigenvalue weighted by molar-refractivity contribution is 6.23. The minimum absolute atomic E-state index is 0.909. The highest BCUT2D eigenvalue weighted by atomic mass is 15.2. The lowest BCUT2D eigenvalue weighted by Crippen LogP contribution is -2.00. The molecule has 0 saturated heterocycles. The number of hydrogen-bond acceptors (Lipinski definition) is 2. The SMILES string of the molecule is c1ccc(-c2nc3c(c4ccc5c6ccccc6n(-c6cccc(-c7ccccn7)c6)c5c4n3-c3ccccc3)n2-c2ccccc2)cc1. The fourth-order valence-electron chi connectivity index (χ4n) is 7.41. The Morgan fingerprint density at radius 2 is 1.00 bits per heavy atom. The number of fused-ring (bicyclic) bond motifs is 7. The van der Waals surface area contributed by atoms with Crippen LogP contribution in [0.5, 0.6) is 0 Å². The van der Waals surface area contributed by atoms with E-state index in [0.29, 0.717) is 0 Å². The summed E-state index contributed by atoms with van der Waals surface area (Å²) in [4.78, 5) is 10.2. The molecule has 0 aliphatic carbocycles. The van der Waals surface area contributed by atoms with Gasteiger partial charge in [-0.2, -0.15) is 0 Å². The summed E-state index contributed by atoms with van der Waals surface area (Å²) in [6.45, 7) is 0. The molecule has 0 aliphatic heterocycles. The van der Waals surface area contributed by atoms with Gasteiger partial charge in [0.05, 0.1) is 22.2 Å². The van der Waals surface area contributed by atoms with E-state index in [-0.39, 0.29) is 0 Å². The second-order valence-electron chi connectivity index (χ2n) is 12.3. The predicted octanol–water partition coefficient (Wildman–Crippen LogP) is 10.8. The Hall–Kier alpha value is -6.72. The molecule has 4 aromatic heterocycles. The molecule has 0 fully saturated rings. The van der Waals surface area contributed by atoms with Crippen LogP contribution >= 0.6 is 0 Å². The third kappa shape index (κ3) is 4.19. The van der Waals surface area contributed by atoms with Gasteiger partial charge in [0, 0.05) is 50.5 Å². The Bertz CT molecular complexity index is 2790. The Kier molecular flexibility index (Phi) is 6.11. The standard InChI is InChI=1S/C44H29N5/c1-4-15-30(16-5-1)43-46-44-42(49(43)33-20-8-3-9-21-33)37-27-26-36-35-23-10-11-25-39(35)47(40(36)41(37)48(44)32-18-6-2-7-19-32)34-22-14-17-31(29-34)38-24-12-13-28-45-38/h1-29H. The first kappa shape index (κ1) is 27.4. The van der Waals surface area contributed by atoms with Crippen molar-refractivity contribution in [1.29, 1.82) is 0 Å². The summed E-state index contributed by atoms with van der Waals surface area (Å²) >= 11 is 0. The molecule has 0 spiro atoms. The third-order valence-electron chi connectivity index (χ3n) is 9.49. The summed E-state index contributed by atoms with van der Waals surface area (Å²) in [5, 5.41) is 3.53. The second-order valence-corrected chi connectivity index (χ2v) is 12.3.